The molecule has 210 valence electrons. The van der Waals surface area contributed by atoms with E-state index in [1.165, 1.54) is 0 Å². The van der Waals surface area contributed by atoms with E-state index in [4.69, 9.17) is 5.73 Å². The first-order chi connectivity index (χ1) is 17.9. The lowest BCUT2D eigenvalue weighted by atomic mass is 9.99. The third kappa shape index (κ3) is 9.05. The van der Waals surface area contributed by atoms with Crippen molar-refractivity contribution in [2.75, 3.05) is 12.0 Å². The summed E-state index contributed by atoms with van der Waals surface area (Å²) >= 11 is 1.58. The maximum absolute atomic E-state index is 13.3. The molecule has 11 heteroatoms. The monoisotopic (exact) mass is 547 g/mol. The highest BCUT2D eigenvalue weighted by atomic mass is 32.2. The Kier molecular flexibility index (Phi) is 12.1. The fourth-order valence-corrected chi connectivity index (χ4v) is 4.62. The van der Waals surface area contributed by atoms with Gasteiger partial charge in [-0.2, -0.15) is 11.8 Å². The van der Waals surface area contributed by atoms with E-state index in [9.17, 15) is 24.3 Å². The quantitative estimate of drug-likeness (QED) is 0.198. The van der Waals surface area contributed by atoms with Gasteiger partial charge in [-0.25, -0.2) is 4.79 Å². The summed E-state index contributed by atoms with van der Waals surface area (Å²) in [5.41, 5.74) is 7.60. The summed E-state index contributed by atoms with van der Waals surface area (Å²) in [6, 6.07) is 3.71. The maximum Gasteiger partial charge on any atom is 0.326 e. The van der Waals surface area contributed by atoms with Crippen LogP contribution >= 0.6 is 11.8 Å². The lowest BCUT2D eigenvalue weighted by Crippen LogP contribution is -2.58. The number of hydrogen-bond donors (Lipinski definition) is 6. The Morgan fingerprint density at radius 2 is 1.63 bits per heavy atom. The zero-order chi connectivity index (χ0) is 28.4. The molecule has 38 heavy (non-hydrogen) atoms. The molecule has 0 fully saturated rings. The second-order valence-electron chi connectivity index (χ2n) is 10.3. The Bertz CT molecular complexity index is 1100. The number of hydrogen-bond acceptors (Lipinski definition) is 6. The number of carboxylic acid groups (broad SMARTS) is 1. The molecule has 0 aliphatic carbocycles. The van der Waals surface area contributed by atoms with Crippen molar-refractivity contribution in [3.8, 4) is 0 Å². The minimum Gasteiger partial charge on any atom is -0.480 e. The Hall–Kier alpha value is -3.05. The van der Waals surface area contributed by atoms with Gasteiger partial charge >= 0.3 is 5.97 Å². The minimum atomic E-state index is -1.19. The first-order valence-corrected chi connectivity index (χ1v) is 14.3. The van der Waals surface area contributed by atoms with Gasteiger partial charge in [0.1, 0.15) is 18.1 Å². The third-order valence-electron chi connectivity index (χ3n) is 6.27. The van der Waals surface area contributed by atoms with Crippen LogP contribution in [0.25, 0.3) is 10.9 Å². The van der Waals surface area contributed by atoms with Gasteiger partial charge in [0.15, 0.2) is 0 Å². The van der Waals surface area contributed by atoms with E-state index in [-0.39, 0.29) is 18.3 Å². The average molecular weight is 548 g/mol. The van der Waals surface area contributed by atoms with Crippen LogP contribution in [0.5, 0.6) is 0 Å². The van der Waals surface area contributed by atoms with E-state index in [1.54, 1.807) is 31.8 Å². The number of benzene rings is 1. The number of aromatic amines is 1. The summed E-state index contributed by atoms with van der Waals surface area (Å²) in [5.74, 6) is -2.22. The van der Waals surface area contributed by atoms with E-state index in [0.717, 1.165) is 16.5 Å². The number of fused-ring (bicyclic) bond motifs is 1. The molecule has 3 amide bonds. The van der Waals surface area contributed by atoms with Gasteiger partial charge in [0.25, 0.3) is 0 Å². The zero-order valence-electron chi connectivity index (χ0n) is 22.7. The number of aromatic nitrogens is 1. The van der Waals surface area contributed by atoms with Gasteiger partial charge in [0, 0.05) is 23.5 Å². The zero-order valence-corrected chi connectivity index (χ0v) is 23.6. The van der Waals surface area contributed by atoms with Crippen molar-refractivity contribution in [3.63, 3.8) is 0 Å². The molecule has 0 bridgehead atoms. The van der Waals surface area contributed by atoms with Crippen molar-refractivity contribution >= 4 is 46.4 Å². The second kappa shape index (κ2) is 14.8. The predicted octanol–water partition coefficient (Wildman–Crippen LogP) is 2.03. The number of thioether (sulfide) groups is 1. The van der Waals surface area contributed by atoms with Crippen LogP contribution in [-0.2, 0) is 25.6 Å². The number of H-pyrrole nitrogens is 1. The fourth-order valence-electron chi connectivity index (χ4n) is 4.13. The van der Waals surface area contributed by atoms with Crippen LogP contribution in [-0.4, -0.2) is 70.0 Å². The van der Waals surface area contributed by atoms with Gasteiger partial charge in [-0.15, -0.1) is 0 Å². The Morgan fingerprint density at radius 1 is 0.974 bits per heavy atom. The topological polar surface area (TPSA) is 166 Å². The lowest BCUT2D eigenvalue weighted by Gasteiger charge is -2.27. The molecular weight excluding hydrogens is 506 g/mol. The Morgan fingerprint density at radius 3 is 2.24 bits per heavy atom. The summed E-state index contributed by atoms with van der Waals surface area (Å²) in [6.45, 7) is 7.38. The molecule has 0 aliphatic heterocycles. The molecule has 10 nitrogen and oxygen atoms in total. The van der Waals surface area contributed by atoms with Crippen molar-refractivity contribution in [3.05, 3.63) is 36.0 Å². The summed E-state index contributed by atoms with van der Waals surface area (Å²) in [4.78, 5) is 54.2. The number of amides is 3. The number of aliphatic carboxylic acids is 1. The molecule has 7 N–H and O–H groups in total. The van der Waals surface area contributed by atoms with Gasteiger partial charge in [-0.1, -0.05) is 45.9 Å². The molecule has 1 aromatic heterocycles. The number of rotatable bonds is 15. The van der Waals surface area contributed by atoms with Crippen LogP contribution in [0.3, 0.4) is 0 Å². The van der Waals surface area contributed by atoms with E-state index in [1.807, 2.05) is 44.4 Å². The fraction of sp³-hybridized carbons (Fsp3) is 0.556. The smallest absolute Gasteiger partial charge is 0.326 e. The van der Waals surface area contributed by atoms with Gasteiger partial charge in [-0.3, -0.25) is 14.4 Å². The number of nitrogens with one attached hydrogen (secondary N) is 4. The van der Waals surface area contributed by atoms with Crippen LogP contribution in [0.1, 0.15) is 46.1 Å². The van der Waals surface area contributed by atoms with E-state index < -0.39 is 47.9 Å². The third-order valence-corrected chi connectivity index (χ3v) is 6.91. The molecule has 0 radical (unpaired) electrons. The van der Waals surface area contributed by atoms with Crippen molar-refractivity contribution < 1.29 is 24.3 Å². The van der Waals surface area contributed by atoms with E-state index in [0.29, 0.717) is 18.6 Å². The van der Waals surface area contributed by atoms with Crippen LogP contribution in [0.4, 0.5) is 0 Å². The highest BCUT2D eigenvalue weighted by Crippen LogP contribution is 2.19. The van der Waals surface area contributed by atoms with E-state index in [2.05, 4.69) is 20.9 Å². The first-order valence-electron chi connectivity index (χ1n) is 12.9. The molecule has 0 saturated heterocycles. The average Bonchev–Trinajstić information content (AvgIpc) is 3.26. The number of carbonyl (C=O) groups is 4. The molecule has 1 aromatic carbocycles. The largest absolute Gasteiger partial charge is 0.480 e. The highest BCUT2D eigenvalue weighted by molar-refractivity contribution is 7.98. The summed E-state index contributed by atoms with van der Waals surface area (Å²) < 4.78 is 0. The SMILES string of the molecule is CSCCC(N)C(=O)NC(C(=O)NC(CC(C)C)C(=O)NC(Cc1c[nH]c2ccccc12)C(=O)O)C(C)C. The number of nitrogens with two attached hydrogens (primary N) is 1. The predicted molar refractivity (Wildman–Crippen MR) is 151 cm³/mol. The number of carbonyl (C=O) groups excluding carboxylic acids is 3. The molecule has 2 aromatic rings. The number of carboxylic acids is 1. The van der Waals surface area contributed by atoms with Crippen molar-refractivity contribution in [2.24, 2.45) is 17.6 Å². The van der Waals surface area contributed by atoms with E-state index >= 15 is 0 Å². The highest BCUT2D eigenvalue weighted by Gasteiger charge is 2.32. The van der Waals surface area contributed by atoms with Crippen LogP contribution in [0, 0.1) is 11.8 Å². The van der Waals surface area contributed by atoms with Gasteiger partial charge < -0.3 is 31.8 Å². The Labute approximate surface area is 228 Å². The van der Waals surface area contributed by atoms with Crippen molar-refractivity contribution in [1.82, 2.24) is 20.9 Å². The van der Waals surface area contributed by atoms with Gasteiger partial charge in [0.05, 0.1) is 6.04 Å². The van der Waals surface area contributed by atoms with Crippen LogP contribution in [0.15, 0.2) is 30.5 Å². The summed E-state index contributed by atoms with van der Waals surface area (Å²) in [7, 11) is 0. The molecule has 4 unspecified atom stereocenters. The molecule has 0 aliphatic rings. The van der Waals surface area contributed by atoms with Gasteiger partial charge in [-0.05, 0) is 48.3 Å². The molecule has 0 spiro atoms. The minimum absolute atomic E-state index is 0.0370. The molecule has 1 heterocycles. The number of para-hydroxylation sites is 1. The van der Waals surface area contributed by atoms with Gasteiger partial charge in [0.2, 0.25) is 17.7 Å². The lowest BCUT2D eigenvalue weighted by molar-refractivity contribution is -0.142. The standard InChI is InChI=1S/C27H41N5O5S/c1-15(2)12-21(30-26(35)23(16(3)4)32-24(33)19(28)10-11-38-5)25(34)31-22(27(36)37)13-17-14-29-20-9-7-6-8-18(17)20/h6-9,14-16,19,21-23,29H,10-13,28H2,1-5H3,(H,30,35)(H,31,34)(H,32,33)(H,36,37). The molecule has 0 saturated carbocycles. The molecule has 2 rings (SSSR count). The summed E-state index contributed by atoms with van der Waals surface area (Å²) in [6.07, 6.45) is 4.50. The Balaban J connectivity index is 2.15. The normalized spacial score (nSPS) is 14.6. The summed E-state index contributed by atoms with van der Waals surface area (Å²) in [5, 5.41) is 18.8. The van der Waals surface area contributed by atoms with Crippen LogP contribution < -0.4 is 21.7 Å². The van der Waals surface area contributed by atoms with Crippen LogP contribution in [0.2, 0.25) is 0 Å². The molecular formula is C27H41N5O5S. The van der Waals surface area contributed by atoms with Crippen molar-refractivity contribution in [2.45, 2.75) is 71.1 Å². The second-order valence-corrected chi connectivity index (χ2v) is 11.3. The maximum atomic E-state index is 13.3. The first kappa shape index (κ1) is 31.2. The molecule has 4 atom stereocenters. The van der Waals surface area contributed by atoms with Crippen molar-refractivity contribution in [1.29, 1.82) is 0 Å².